The topological polar surface area (TPSA) is 68.4 Å². The molecule has 1 aromatic carbocycles. The number of piperidine rings is 3. The summed E-state index contributed by atoms with van der Waals surface area (Å²) >= 11 is 0. The lowest BCUT2D eigenvalue weighted by Crippen LogP contribution is -2.51. The van der Waals surface area contributed by atoms with Crippen LogP contribution in [0.25, 0.3) is 0 Å². The molecule has 3 saturated heterocycles. The molecule has 2 aromatic rings. The van der Waals surface area contributed by atoms with Crippen LogP contribution in [-0.2, 0) is 6.18 Å². The predicted octanol–water partition coefficient (Wildman–Crippen LogP) is 5.63. The molecule has 3 aliphatic heterocycles. The summed E-state index contributed by atoms with van der Waals surface area (Å²) in [6.07, 6.45) is 6.61. The molecule has 40 heavy (non-hydrogen) atoms. The van der Waals surface area contributed by atoms with Crippen molar-refractivity contribution in [2.45, 2.75) is 75.0 Å². The lowest BCUT2D eigenvalue weighted by atomic mass is 9.83. The SMILES string of the molecule is N#CC1CCN(C(=O)N2CC(c3ccc(C(F)(F)F)cc3)CC(c3cn(C4CCN(C5CC5)CC4)cn3)C2)CC1. The molecule has 4 aliphatic rings. The van der Waals surface area contributed by atoms with E-state index in [9.17, 15) is 23.2 Å². The highest BCUT2D eigenvalue weighted by Gasteiger charge is 2.37. The number of hydrogen-bond acceptors (Lipinski definition) is 4. The number of nitrogens with zero attached hydrogens (tertiary/aromatic N) is 6. The van der Waals surface area contributed by atoms with Gasteiger partial charge in [0.2, 0.25) is 0 Å². The molecule has 6 rings (SSSR count). The minimum atomic E-state index is -4.38. The van der Waals surface area contributed by atoms with Crippen molar-refractivity contribution in [2.24, 2.45) is 5.92 Å². The predicted molar refractivity (Wildman–Crippen MR) is 144 cm³/mol. The van der Waals surface area contributed by atoms with Crippen LogP contribution in [-0.4, -0.2) is 75.6 Å². The lowest BCUT2D eigenvalue weighted by Gasteiger charge is -2.41. The third-order valence-electron chi connectivity index (χ3n) is 9.40. The lowest BCUT2D eigenvalue weighted by molar-refractivity contribution is -0.137. The second-order valence-corrected chi connectivity index (χ2v) is 12.1. The van der Waals surface area contributed by atoms with E-state index in [0.717, 1.165) is 61.8 Å². The van der Waals surface area contributed by atoms with Crippen molar-refractivity contribution in [3.05, 3.63) is 53.6 Å². The van der Waals surface area contributed by atoms with Gasteiger partial charge < -0.3 is 19.3 Å². The molecule has 7 nitrogen and oxygen atoms in total. The van der Waals surface area contributed by atoms with Gasteiger partial charge in [0.15, 0.2) is 0 Å². The molecule has 214 valence electrons. The van der Waals surface area contributed by atoms with Crippen LogP contribution in [0.2, 0.25) is 0 Å². The van der Waals surface area contributed by atoms with E-state index in [0.29, 0.717) is 45.1 Å². The molecular formula is C30H37F3N6O. The minimum Gasteiger partial charge on any atom is -0.334 e. The average Bonchev–Trinajstić information content (AvgIpc) is 3.72. The Bertz CT molecular complexity index is 1220. The van der Waals surface area contributed by atoms with Crippen LogP contribution in [0.1, 0.15) is 79.6 Å². The smallest absolute Gasteiger partial charge is 0.334 e. The summed E-state index contributed by atoms with van der Waals surface area (Å²) in [5, 5.41) is 9.25. The van der Waals surface area contributed by atoms with Crippen molar-refractivity contribution >= 4 is 6.03 Å². The summed E-state index contributed by atoms with van der Waals surface area (Å²) in [4.78, 5) is 24.7. The molecule has 1 saturated carbocycles. The monoisotopic (exact) mass is 554 g/mol. The molecule has 10 heteroatoms. The molecule has 2 atom stereocenters. The fraction of sp³-hybridized carbons (Fsp3) is 0.633. The molecular weight excluding hydrogens is 517 g/mol. The molecule has 0 N–H and O–H groups in total. The molecule has 2 unspecified atom stereocenters. The van der Waals surface area contributed by atoms with Crippen LogP contribution in [0.3, 0.4) is 0 Å². The number of benzene rings is 1. The van der Waals surface area contributed by atoms with Crippen LogP contribution in [0, 0.1) is 17.2 Å². The Labute approximate surface area is 233 Å². The zero-order valence-electron chi connectivity index (χ0n) is 22.8. The normalized spacial score (nSPS) is 25.6. The third-order valence-corrected chi connectivity index (χ3v) is 9.40. The van der Waals surface area contributed by atoms with Gasteiger partial charge >= 0.3 is 12.2 Å². The van der Waals surface area contributed by atoms with Crippen LogP contribution in [0.15, 0.2) is 36.8 Å². The molecule has 1 aromatic heterocycles. The molecule has 4 heterocycles. The van der Waals surface area contributed by atoms with Gasteiger partial charge in [-0.15, -0.1) is 0 Å². The summed E-state index contributed by atoms with van der Waals surface area (Å²) in [6, 6.07) is 8.87. The maximum atomic E-state index is 13.6. The second kappa shape index (κ2) is 11.1. The second-order valence-electron chi connectivity index (χ2n) is 12.1. The van der Waals surface area contributed by atoms with Gasteiger partial charge in [-0.3, -0.25) is 0 Å². The number of halogens is 3. The van der Waals surface area contributed by atoms with E-state index in [4.69, 9.17) is 4.98 Å². The zero-order valence-corrected chi connectivity index (χ0v) is 22.8. The van der Waals surface area contributed by atoms with Crippen LogP contribution in [0.5, 0.6) is 0 Å². The molecule has 0 bridgehead atoms. The Morgan fingerprint density at radius 3 is 2.17 bits per heavy atom. The number of alkyl halides is 3. The van der Waals surface area contributed by atoms with Gasteiger partial charge in [0.1, 0.15) is 0 Å². The first-order valence-corrected chi connectivity index (χ1v) is 14.7. The quantitative estimate of drug-likeness (QED) is 0.491. The van der Waals surface area contributed by atoms with Crippen molar-refractivity contribution in [1.82, 2.24) is 24.3 Å². The van der Waals surface area contributed by atoms with Gasteiger partial charge in [-0.25, -0.2) is 9.78 Å². The van der Waals surface area contributed by atoms with Gasteiger partial charge in [0.05, 0.1) is 23.7 Å². The Balaban J connectivity index is 1.19. The summed E-state index contributed by atoms with van der Waals surface area (Å²) in [7, 11) is 0. The number of nitriles is 1. The number of carbonyl (C=O) groups is 1. The maximum Gasteiger partial charge on any atom is 0.416 e. The van der Waals surface area contributed by atoms with Crippen molar-refractivity contribution in [1.29, 1.82) is 5.26 Å². The van der Waals surface area contributed by atoms with Crippen molar-refractivity contribution in [2.75, 3.05) is 39.3 Å². The van der Waals surface area contributed by atoms with Gasteiger partial charge in [0, 0.05) is 75.3 Å². The Morgan fingerprint density at radius 2 is 1.55 bits per heavy atom. The van der Waals surface area contributed by atoms with E-state index in [-0.39, 0.29) is 23.8 Å². The van der Waals surface area contributed by atoms with Crippen LogP contribution < -0.4 is 0 Å². The van der Waals surface area contributed by atoms with Crippen molar-refractivity contribution in [3.63, 3.8) is 0 Å². The van der Waals surface area contributed by atoms with E-state index in [1.807, 2.05) is 16.1 Å². The largest absolute Gasteiger partial charge is 0.416 e. The Hall–Kier alpha value is -3.06. The average molecular weight is 555 g/mol. The molecule has 0 spiro atoms. The van der Waals surface area contributed by atoms with Gasteiger partial charge in [-0.2, -0.15) is 18.4 Å². The molecule has 2 amide bonds. The number of aromatic nitrogens is 2. The zero-order chi connectivity index (χ0) is 27.9. The van der Waals surface area contributed by atoms with Crippen LogP contribution in [0.4, 0.5) is 18.0 Å². The number of carbonyl (C=O) groups excluding carboxylic acids is 1. The number of likely N-dealkylation sites (tertiary alicyclic amines) is 3. The summed E-state index contributed by atoms with van der Waals surface area (Å²) < 4.78 is 41.8. The first-order valence-electron chi connectivity index (χ1n) is 14.7. The Kier molecular flexibility index (Phi) is 7.51. The van der Waals surface area contributed by atoms with E-state index >= 15 is 0 Å². The number of imidazole rings is 1. The highest BCUT2D eigenvalue weighted by Crippen LogP contribution is 2.38. The van der Waals surface area contributed by atoms with Crippen molar-refractivity contribution < 1.29 is 18.0 Å². The summed E-state index contributed by atoms with van der Waals surface area (Å²) in [5.41, 5.74) is 1.09. The highest BCUT2D eigenvalue weighted by molar-refractivity contribution is 5.75. The minimum absolute atomic E-state index is 0.00515. The van der Waals surface area contributed by atoms with Gasteiger partial charge in [0.25, 0.3) is 0 Å². The van der Waals surface area contributed by atoms with Crippen molar-refractivity contribution in [3.8, 4) is 6.07 Å². The first-order chi connectivity index (χ1) is 19.3. The molecule has 1 aliphatic carbocycles. The van der Waals surface area contributed by atoms with Crippen LogP contribution >= 0.6 is 0 Å². The van der Waals surface area contributed by atoms with E-state index in [1.165, 1.54) is 12.8 Å². The van der Waals surface area contributed by atoms with E-state index < -0.39 is 11.7 Å². The van der Waals surface area contributed by atoms with Gasteiger partial charge in [-0.1, -0.05) is 12.1 Å². The van der Waals surface area contributed by atoms with E-state index in [2.05, 4.69) is 21.7 Å². The van der Waals surface area contributed by atoms with E-state index in [1.54, 1.807) is 12.1 Å². The Morgan fingerprint density at radius 1 is 0.875 bits per heavy atom. The fourth-order valence-electron chi connectivity index (χ4n) is 6.81. The third kappa shape index (κ3) is 5.85. The number of urea groups is 1. The summed E-state index contributed by atoms with van der Waals surface area (Å²) in [6.45, 7) is 4.33. The van der Waals surface area contributed by atoms with Gasteiger partial charge in [-0.05, 0) is 62.6 Å². The molecule has 0 radical (unpaired) electrons. The number of amides is 2. The highest BCUT2D eigenvalue weighted by atomic mass is 19.4. The summed E-state index contributed by atoms with van der Waals surface area (Å²) in [5.74, 6) is -0.110. The molecule has 4 fully saturated rings. The maximum absolute atomic E-state index is 13.6. The fourth-order valence-corrected chi connectivity index (χ4v) is 6.81. The standard InChI is InChI=1S/C30H37F3N6O/c31-30(32,33)25-3-1-22(2-4-25)23-15-24(18-38(17-23)29(40)37-11-7-21(16-34)8-12-37)28-19-39(20-35-28)27-9-13-36(14-10-27)26-5-6-26/h1-4,19-21,23-24,26-27H,5-15,17-18H2. The first kappa shape index (κ1) is 27.1. The number of hydrogen-bond donors (Lipinski definition) is 0. The number of rotatable bonds is 4.